The molecule has 4 heteroatoms. The molecule has 0 aliphatic rings. The first-order chi connectivity index (χ1) is 21.2. The van der Waals surface area contributed by atoms with Gasteiger partial charge in [0.15, 0.2) is 0 Å². The summed E-state index contributed by atoms with van der Waals surface area (Å²) in [6.07, 6.45) is 23.6. The largest absolute Gasteiger partial charge is 0.385 e. The zero-order valence-corrected chi connectivity index (χ0v) is 28.4. The molecule has 0 amide bonds. The zero-order chi connectivity index (χ0) is 30.8. The van der Waals surface area contributed by atoms with E-state index in [1.165, 1.54) is 101 Å². The summed E-state index contributed by atoms with van der Waals surface area (Å²) in [6.45, 7) is 11.1. The Morgan fingerprint density at radius 1 is 0.465 bits per heavy atom. The fraction of sp³-hybridized carbons (Fsp3) is 0.641. The van der Waals surface area contributed by atoms with Crippen LogP contribution in [0.4, 0.5) is 22.7 Å². The van der Waals surface area contributed by atoms with Crippen molar-refractivity contribution in [2.24, 2.45) is 9.98 Å². The summed E-state index contributed by atoms with van der Waals surface area (Å²) in [4.78, 5) is 10.5. The Morgan fingerprint density at radius 3 is 1.33 bits per heavy atom. The lowest BCUT2D eigenvalue weighted by Gasteiger charge is -2.13. The maximum absolute atomic E-state index is 5.26. The molecule has 0 spiro atoms. The van der Waals surface area contributed by atoms with Gasteiger partial charge < -0.3 is 10.6 Å². The smallest absolute Gasteiger partial charge is 0.0654 e. The van der Waals surface area contributed by atoms with E-state index in [-0.39, 0.29) is 0 Å². The van der Waals surface area contributed by atoms with Crippen LogP contribution in [0.5, 0.6) is 0 Å². The van der Waals surface area contributed by atoms with E-state index in [1.54, 1.807) is 0 Å². The van der Waals surface area contributed by atoms with E-state index >= 15 is 0 Å². The molecule has 0 radical (unpaired) electrons. The van der Waals surface area contributed by atoms with Gasteiger partial charge in [0.2, 0.25) is 0 Å². The lowest BCUT2D eigenvalue weighted by atomic mass is 10.0. The molecule has 2 N–H and O–H groups in total. The van der Waals surface area contributed by atoms with Crippen molar-refractivity contribution < 1.29 is 0 Å². The van der Waals surface area contributed by atoms with Crippen molar-refractivity contribution in [3.05, 3.63) is 48.5 Å². The normalized spacial score (nSPS) is 12.1. The van der Waals surface area contributed by atoms with Crippen molar-refractivity contribution in [3.8, 4) is 0 Å². The van der Waals surface area contributed by atoms with Gasteiger partial charge >= 0.3 is 0 Å². The van der Waals surface area contributed by atoms with Crippen LogP contribution in [0.25, 0.3) is 0 Å². The lowest BCUT2D eigenvalue weighted by molar-refractivity contribution is 0.617. The van der Waals surface area contributed by atoms with E-state index in [0.29, 0.717) is 0 Å². The highest BCUT2D eigenvalue weighted by molar-refractivity contribution is 6.43. The third-order valence-corrected chi connectivity index (χ3v) is 8.06. The van der Waals surface area contributed by atoms with Crippen molar-refractivity contribution in [2.75, 3.05) is 23.7 Å². The average molecular weight is 589 g/mol. The molecule has 2 aromatic rings. The zero-order valence-electron chi connectivity index (χ0n) is 28.4. The highest BCUT2D eigenvalue weighted by atomic mass is 14.9. The number of nitrogens with one attached hydrogen (secondary N) is 2. The van der Waals surface area contributed by atoms with Crippen LogP contribution >= 0.6 is 0 Å². The van der Waals surface area contributed by atoms with Gasteiger partial charge in [-0.15, -0.1) is 0 Å². The third kappa shape index (κ3) is 17.3. The Bertz CT molecular complexity index is 1030. The van der Waals surface area contributed by atoms with Gasteiger partial charge in [-0.05, 0) is 74.9 Å². The van der Waals surface area contributed by atoms with Gasteiger partial charge in [-0.1, -0.05) is 123 Å². The first kappa shape index (κ1) is 36.6. The van der Waals surface area contributed by atoms with Crippen LogP contribution in [-0.2, 0) is 0 Å². The molecule has 0 aliphatic heterocycles. The van der Waals surface area contributed by atoms with Gasteiger partial charge in [-0.2, -0.15) is 0 Å². The van der Waals surface area contributed by atoms with Crippen LogP contribution in [0.15, 0.2) is 58.5 Å². The molecule has 0 heterocycles. The summed E-state index contributed by atoms with van der Waals surface area (Å²) in [5.41, 5.74) is 6.68. The second kappa shape index (κ2) is 24.8. The molecule has 0 bridgehead atoms. The predicted molar refractivity (Wildman–Crippen MR) is 194 cm³/mol. The monoisotopic (exact) mass is 589 g/mol. The van der Waals surface area contributed by atoms with E-state index in [0.717, 1.165) is 68.0 Å². The Morgan fingerprint density at radius 2 is 0.860 bits per heavy atom. The van der Waals surface area contributed by atoms with Gasteiger partial charge in [-0.3, -0.25) is 9.98 Å². The molecule has 0 saturated heterocycles. The molecule has 43 heavy (non-hydrogen) atoms. The van der Waals surface area contributed by atoms with Gasteiger partial charge in [-0.25, -0.2) is 0 Å². The molecule has 240 valence electrons. The van der Waals surface area contributed by atoms with Gasteiger partial charge in [0.05, 0.1) is 22.8 Å². The van der Waals surface area contributed by atoms with Crippen LogP contribution in [-0.4, -0.2) is 24.5 Å². The molecular formula is C39H64N4. The summed E-state index contributed by atoms with van der Waals surface area (Å²) in [5, 5.41) is 7.27. The number of unbranched alkanes of at least 4 members (excludes halogenated alkanes) is 13. The minimum atomic E-state index is 0.965. The summed E-state index contributed by atoms with van der Waals surface area (Å²) in [7, 11) is 0. The summed E-state index contributed by atoms with van der Waals surface area (Å²) in [5.74, 6) is 0. The van der Waals surface area contributed by atoms with E-state index < -0.39 is 0 Å². The summed E-state index contributed by atoms with van der Waals surface area (Å²) >= 11 is 0. The molecule has 0 atom stereocenters. The molecule has 4 nitrogen and oxygen atoms in total. The highest BCUT2D eigenvalue weighted by Gasteiger charge is 2.11. The molecule has 0 fully saturated rings. The number of anilines is 2. The van der Waals surface area contributed by atoms with E-state index in [9.17, 15) is 0 Å². The van der Waals surface area contributed by atoms with Crippen LogP contribution in [0, 0.1) is 0 Å². The quantitative estimate of drug-likeness (QED) is 0.0848. The summed E-state index contributed by atoms with van der Waals surface area (Å²) < 4.78 is 0. The van der Waals surface area contributed by atoms with Crippen LogP contribution in [0.1, 0.15) is 150 Å². The maximum Gasteiger partial charge on any atom is 0.0654 e. The second-order valence-electron chi connectivity index (χ2n) is 12.2. The standard InChI is InChI=1S/C39H64N4/c1-5-9-13-15-17-20-30-40-34-24-22-26-36(32-34)42-38(28-12-8-4)39(29-19-11-7-3)43-37-27-23-25-35(33-37)41-31-21-18-16-14-10-6-2/h22-27,32-33,40-41H,5-21,28-31H2,1-4H3. The van der Waals surface area contributed by atoms with Crippen molar-refractivity contribution in [3.63, 3.8) is 0 Å². The predicted octanol–water partition coefficient (Wildman–Crippen LogP) is 12.8. The van der Waals surface area contributed by atoms with Crippen molar-refractivity contribution >= 4 is 34.2 Å². The number of benzene rings is 2. The SMILES string of the molecule is CCCCCCCCNc1cccc(N=C(CCCC)C(CCCCC)=Nc2cccc(NCCCCCCCC)c2)c1. The van der Waals surface area contributed by atoms with Crippen molar-refractivity contribution in [1.29, 1.82) is 0 Å². The van der Waals surface area contributed by atoms with E-state index in [2.05, 4.69) is 86.9 Å². The van der Waals surface area contributed by atoms with Gasteiger partial charge in [0.25, 0.3) is 0 Å². The average Bonchev–Trinajstić information content (AvgIpc) is 3.02. The first-order valence-electron chi connectivity index (χ1n) is 18.0. The third-order valence-electron chi connectivity index (χ3n) is 8.06. The summed E-state index contributed by atoms with van der Waals surface area (Å²) in [6, 6.07) is 17.3. The lowest BCUT2D eigenvalue weighted by Crippen LogP contribution is -2.14. The van der Waals surface area contributed by atoms with E-state index in [4.69, 9.17) is 9.98 Å². The number of rotatable bonds is 26. The van der Waals surface area contributed by atoms with Crippen LogP contribution in [0.3, 0.4) is 0 Å². The number of nitrogens with zero attached hydrogens (tertiary/aromatic N) is 2. The fourth-order valence-electron chi connectivity index (χ4n) is 5.37. The number of hydrogen-bond acceptors (Lipinski definition) is 4. The van der Waals surface area contributed by atoms with Gasteiger partial charge in [0, 0.05) is 24.5 Å². The van der Waals surface area contributed by atoms with Crippen LogP contribution < -0.4 is 10.6 Å². The molecule has 2 rings (SSSR count). The fourth-order valence-corrected chi connectivity index (χ4v) is 5.37. The maximum atomic E-state index is 5.26. The van der Waals surface area contributed by atoms with Gasteiger partial charge in [0.1, 0.15) is 0 Å². The Hall–Kier alpha value is -2.62. The molecule has 0 aliphatic carbocycles. The molecule has 0 saturated carbocycles. The Kier molecular flexibility index (Phi) is 21.1. The minimum Gasteiger partial charge on any atom is -0.385 e. The molecular weight excluding hydrogens is 524 g/mol. The topological polar surface area (TPSA) is 48.8 Å². The van der Waals surface area contributed by atoms with Crippen LogP contribution in [0.2, 0.25) is 0 Å². The Balaban J connectivity index is 2.15. The molecule has 0 unspecified atom stereocenters. The van der Waals surface area contributed by atoms with Crippen molar-refractivity contribution in [2.45, 2.75) is 150 Å². The Labute approximate surface area is 265 Å². The number of aliphatic imine (C=N–C) groups is 2. The minimum absolute atomic E-state index is 0.965. The number of hydrogen-bond donors (Lipinski definition) is 2. The van der Waals surface area contributed by atoms with E-state index in [1.807, 2.05) is 0 Å². The highest BCUT2D eigenvalue weighted by Crippen LogP contribution is 2.24. The first-order valence-corrected chi connectivity index (χ1v) is 18.0. The molecule has 0 aromatic heterocycles. The van der Waals surface area contributed by atoms with Crippen molar-refractivity contribution in [1.82, 2.24) is 0 Å². The molecule has 2 aromatic carbocycles. The second-order valence-corrected chi connectivity index (χ2v) is 12.2.